The summed E-state index contributed by atoms with van der Waals surface area (Å²) in [4.78, 5) is 18.8. The molecule has 2 rings (SSSR count). The molecule has 142 valence electrons. The highest BCUT2D eigenvalue weighted by molar-refractivity contribution is 14.0. The summed E-state index contributed by atoms with van der Waals surface area (Å²) in [5, 5.41) is 7.53. The highest BCUT2D eigenvalue weighted by Gasteiger charge is 2.27. The largest absolute Gasteiger partial charge is 0.466 e. The molecule has 0 unspecified atom stereocenters. The Morgan fingerprint density at radius 2 is 2.12 bits per heavy atom. The summed E-state index contributed by atoms with van der Waals surface area (Å²) < 4.78 is 6.94. The molecule has 8 heteroatoms. The number of aryl methyl sites for hydroxylation is 1. The maximum atomic E-state index is 11.8. The average Bonchev–Trinajstić information content (AvgIpc) is 3.00. The summed E-state index contributed by atoms with van der Waals surface area (Å²) in [7, 11) is 1.92. The second-order valence-corrected chi connectivity index (χ2v) is 6.02. The number of nitrogens with one attached hydrogen (secondary N) is 1. The van der Waals surface area contributed by atoms with Crippen LogP contribution in [0.25, 0.3) is 0 Å². The molecule has 2 heterocycles. The van der Waals surface area contributed by atoms with Gasteiger partial charge in [-0.1, -0.05) is 0 Å². The van der Waals surface area contributed by atoms with Gasteiger partial charge in [0.25, 0.3) is 0 Å². The van der Waals surface area contributed by atoms with Crippen LogP contribution in [0, 0.1) is 5.92 Å². The zero-order chi connectivity index (χ0) is 17.4. The first-order valence-electron chi connectivity index (χ1n) is 8.81. The third-order valence-corrected chi connectivity index (χ3v) is 4.17. The number of ether oxygens (including phenoxy) is 1. The molecular weight excluding hydrogens is 433 g/mol. The molecule has 25 heavy (non-hydrogen) atoms. The van der Waals surface area contributed by atoms with Crippen LogP contribution >= 0.6 is 24.0 Å². The minimum absolute atomic E-state index is 0. The third-order valence-electron chi connectivity index (χ3n) is 4.17. The van der Waals surface area contributed by atoms with Crippen molar-refractivity contribution >= 4 is 35.9 Å². The first kappa shape index (κ1) is 21.7. The molecule has 1 aliphatic heterocycles. The average molecular weight is 463 g/mol. The predicted octanol–water partition coefficient (Wildman–Crippen LogP) is 1.82. The van der Waals surface area contributed by atoms with E-state index in [2.05, 4.69) is 22.2 Å². The summed E-state index contributed by atoms with van der Waals surface area (Å²) in [5.41, 5.74) is 1.19. The Kier molecular flexibility index (Phi) is 9.84. The number of nitrogens with zero attached hydrogens (tertiary/aromatic N) is 4. The molecule has 7 nitrogen and oxygen atoms in total. The van der Waals surface area contributed by atoms with Gasteiger partial charge in [0.05, 0.1) is 18.7 Å². The lowest BCUT2D eigenvalue weighted by atomic mass is 9.97. The van der Waals surface area contributed by atoms with E-state index in [-0.39, 0.29) is 35.9 Å². The van der Waals surface area contributed by atoms with Gasteiger partial charge in [-0.15, -0.1) is 24.0 Å². The molecule has 0 aromatic carbocycles. The fourth-order valence-corrected chi connectivity index (χ4v) is 2.90. The summed E-state index contributed by atoms with van der Waals surface area (Å²) in [6, 6.07) is 0. The van der Waals surface area contributed by atoms with E-state index in [1.807, 2.05) is 31.0 Å². The summed E-state index contributed by atoms with van der Waals surface area (Å²) in [6.45, 7) is 7.62. The molecule has 0 saturated carbocycles. The van der Waals surface area contributed by atoms with Gasteiger partial charge in [-0.05, 0) is 38.7 Å². The molecule has 0 bridgehead atoms. The number of guanidine groups is 1. The Hall–Kier alpha value is -1.32. The molecule has 0 radical (unpaired) electrons. The molecule has 1 fully saturated rings. The number of hydrogen-bond acceptors (Lipinski definition) is 4. The molecule has 0 atom stereocenters. The number of carbonyl (C=O) groups is 1. The van der Waals surface area contributed by atoms with Crippen molar-refractivity contribution < 1.29 is 9.53 Å². The SMILES string of the molecule is CCNC(=NCCc1cnn(C)c1)N1CCC(C(=O)OCC)CC1.I. The molecule has 1 saturated heterocycles. The van der Waals surface area contributed by atoms with Gasteiger partial charge in [-0.25, -0.2) is 0 Å². The van der Waals surface area contributed by atoms with Gasteiger partial charge in [0.2, 0.25) is 0 Å². The first-order chi connectivity index (χ1) is 11.6. The van der Waals surface area contributed by atoms with E-state index >= 15 is 0 Å². The topological polar surface area (TPSA) is 71.8 Å². The zero-order valence-corrected chi connectivity index (χ0v) is 17.7. The van der Waals surface area contributed by atoms with Crippen LogP contribution in [0.15, 0.2) is 17.4 Å². The normalized spacial score (nSPS) is 15.6. The number of halogens is 1. The van der Waals surface area contributed by atoms with Crippen LogP contribution in [0.4, 0.5) is 0 Å². The van der Waals surface area contributed by atoms with E-state index in [4.69, 9.17) is 9.73 Å². The van der Waals surface area contributed by atoms with Crippen molar-refractivity contribution in [2.45, 2.75) is 33.1 Å². The molecule has 1 aliphatic rings. The van der Waals surface area contributed by atoms with Crippen LogP contribution in [0.3, 0.4) is 0 Å². The maximum absolute atomic E-state index is 11.8. The lowest BCUT2D eigenvalue weighted by molar-refractivity contribution is -0.149. The van der Waals surface area contributed by atoms with Crippen molar-refractivity contribution in [3.63, 3.8) is 0 Å². The monoisotopic (exact) mass is 463 g/mol. The maximum Gasteiger partial charge on any atom is 0.309 e. The minimum atomic E-state index is -0.0596. The molecule has 1 aromatic rings. The minimum Gasteiger partial charge on any atom is -0.466 e. The van der Waals surface area contributed by atoms with Gasteiger partial charge >= 0.3 is 5.97 Å². The van der Waals surface area contributed by atoms with Gasteiger partial charge in [0.15, 0.2) is 5.96 Å². The smallest absolute Gasteiger partial charge is 0.309 e. The van der Waals surface area contributed by atoms with Crippen molar-refractivity contribution in [2.75, 3.05) is 32.8 Å². The predicted molar refractivity (Wildman–Crippen MR) is 109 cm³/mol. The van der Waals surface area contributed by atoms with Gasteiger partial charge in [-0.2, -0.15) is 5.10 Å². The van der Waals surface area contributed by atoms with E-state index in [0.29, 0.717) is 6.61 Å². The Labute approximate surface area is 167 Å². The Balaban J connectivity index is 0.00000312. The van der Waals surface area contributed by atoms with Crippen LogP contribution in [0.2, 0.25) is 0 Å². The van der Waals surface area contributed by atoms with Crippen molar-refractivity contribution in [1.29, 1.82) is 0 Å². The quantitative estimate of drug-likeness (QED) is 0.302. The first-order valence-corrected chi connectivity index (χ1v) is 8.81. The highest BCUT2D eigenvalue weighted by atomic mass is 127. The highest BCUT2D eigenvalue weighted by Crippen LogP contribution is 2.18. The van der Waals surface area contributed by atoms with Gasteiger partial charge in [0.1, 0.15) is 0 Å². The van der Waals surface area contributed by atoms with Gasteiger partial charge in [0, 0.05) is 39.4 Å². The number of hydrogen-bond donors (Lipinski definition) is 1. The lowest BCUT2D eigenvalue weighted by Crippen LogP contribution is -2.46. The van der Waals surface area contributed by atoms with Crippen LogP contribution in [-0.4, -0.2) is 59.4 Å². The van der Waals surface area contributed by atoms with Crippen molar-refractivity contribution in [2.24, 2.45) is 18.0 Å². The van der Waals surface area contributed by atoms with Crippen LogP contribution in [0.5, 0.6) is 0 Å². The van der Waals surface area contributed by atoms with Crippen LogP contribution in [0.1, 0.15) is 32.3 Å². The third kappa shape index (κ3) is 6.83. The summed E-state index contributed by atoms with van der Waals surface area (Å²) in [6.07, 6.45) is 6.43. The second-order valence-electron chi connectivity index (χ2n) is 6.02. The molecule has 0 spiro atoms. The Morgan fingerprint density at radius 1 is 1.40 bits per heavy atom. The molecule has 0 amide bonds. The zero-order valence-electron chi connectivity index (χ0n) is 15.4. The fraction of sp³-hybridized carbons (Fsp3) is 0.706. The number of likely N-dealkylation sites (tertiary alicyclic amines) is 1. The van der Waals surface area contributed by atoms with E-state index in [9.17, 15) is 4.79 Å². The van der Waals surface area contributed by atoms with E-state index in [1.165, 1.54) is 5.56 Å². The van der Waals surface area contributed by atoms with Crippen molar-refractivity contribution in [1.82, 2.24) is 20.0 Å². The Bertz CT molecular complexity index is 553. The second kappa shape index (κ2) is 11.3. The number of piperidine rings is 1. The van der Waals surface area contributed by atoms with Crippen molar-refractivity contribution in [3.05, 3.63) is 18.0 Å². The lowest BCUT2D eigenvalue weighted by Gasteiger charge is -2.33. The Morgan fingerprint density at radius 3 is 2.68 bits per heavy atom. The van der Waals surface area contributed by atoms with Crippen molar-refractivity contribution in [3.8, 4) is 0 Å². The standard InChI is InChI=1S/C17H29N5O2.HI/c1-4-18-17(19-9-6-14-12-20-21(3)13-14)22-10-7-15(8-11-22)16(23)24-5-2;/h12-13,15H,4-11H2,1-3H3,(H,18,19);1H. The fourth-order valence-electron chi connectivity index (χ4n) is 2.90. The molecular formula is C17H30IN5O2. The van der Waals surface area contributed by atoms with Gasteiger partial charge < -0.3 is 15.0 Å². The van der Waals surface area contributed by atoms with Gasteiger partial charge in [-0.3, -0.25) is 14.5 Å². The number of aromatic nitrogens is 2. The van der Waals surface area contributed by atoms with E-state index in [0.717, 1.165) is 51.4 Å². The number of rotatable bonds is 6. The number of carbonyl (C=O) groups excluding carboxylic acids is 1. The summed E-state index contributed by atoms with van der Waals surface area (Å²) in [5.74, 6) is 0.902. The number of esters is 1. The van der Waals surface area contributed by atoms with E-state index < -0.39 is 0 Å². The summed E-state index contributed by atoms with van der Waals surface area (Å²) >= 11 is 0. The molecule has 1 aromatic heterocycles. The molecule has 0 aliphatic carbocycles. The van der Waals surface area contributed by atoms with Crippen LogP contribution in [-0.2, 0) is 23.0 Å². The molecule has 1 N–H and O–H groups in total. The number of aliphatic imine (C=N–C) groups is 1. The van der Waals surface area contributed by atoms with Crippen LogP contribution < -0.4 is 5.32 Å². The van der Waals surface area contributed by atoms with E-state index in [1.54, 1.807) is 0 Å².